The van der Waals surface area contributed by atoms with E-state index in [9.17, 15) is 4.79 Å². The normalized spacial score (nSPS) is 15.2. The van der Waals surface area contributed by atoms with Crippen molar-refractivity contribution in [1.82, 2.24) is 21.3 Å². The first-order valence-electron chi connectivity index (χ1n) is 5.40. The van der Waals surface area contributed by atoms with E-state index in [0.29, 0.717) is 6.54 Å². The zero-order valence-corrected chi connectivity index (χ0v) is 9.63. The summed E-state index contributed by atoms with van der Waals surface area (Å²) in [5.74, 6) is 0.162. The van der Waals surface area contributed by atoms with Crippen molar-refractivity contribution in [3.8, 4) is 0 Å². The van der Waals surface area contributed by atoms with Crippen LogP contribution in [0.1, 0.15) is 27.2 Å². The van der Waals surface area contributed by atoms with Gasteiger partial charge in [-0.3, -0.25) is 9.80 Å². The quantitative estimate of drug-likeness (QED) is 0.615. The van der Waals surface area contributed by atoms with Gasteiger partial charge in [-0.1, -0.05) is 13.8 Å². The summed E-state index contributed by atoms with van der Waals surface area (Å²) in [6.07, 6.45) is 2.84. The number of amides is 1. The number of carbonyl (C=O) groups is 1. The molecule has 1 heterocycles. The third-order valence-corrected chi connectivity index (χ3v) is 2.23. The first-order valence-corrected chi connectivity index (χ1v) is 5.40. The molecule has 5 nitrogen and oxygen atoms in total. The molecule has 1 rings (SSSR count). The van der Waals surface area contributed by atoms with Gasteiger partial charge in [0.2, 0.25) is 5.91 Å². The van der Waals surface area contributed by atoms with E-state index in [1.807, 2.05) is 25.1 Å². The zero-order chi connectivity index (χ0) is 11.3. The van der Waals surface area contributed by atoms with Crippen molar-refractivity contribution >= 4 is 5.91 Å². The number of rotatable bonds is 5. The maximum Gasteiger partial charge on any atom is 0.222 e. The van der Waals surface area contributed by atoms with Crippen LogP contribution < -0.4 is 16.3 Å². The van der Waals surface area contributed by atoms with E-state index in [-0.39, 0.29) is 11.8 Å². The first kappa shape index (κ1) is 11.8. The summed E-state index contributed by atoms with van der Waals surface area (Å²) in [5, 5.41) is 4.83. The lowest BCUT2D eigenvalue weighted by molar-refractivity contribution is -0.123. The molecule has 3 N–H and O–H groups in total. The lowest BCUT2D eigenvalue weighted by Gasteiger charge is -2.10. The topological polar surface area (TPSA) is 56.4 Å². The molecule has 0 saturated carbocycles. The summed E-state index contributed by atoms with van der Waals surface area (Å²) in [6.45, 7) is 7.43. The largest absolute Gasteiger partial charge is 0.355 e. The Morgan fingerprint density at radius 3 is 2.87 bits per heavy atom. The second kappa shape index (κ2) is 5.60. The number of hydrogen-bond acceptors (Lipinski definition) is 4. The third-order valence-electron chi connectivity index (χ3n) is 2.23. The number of nitrogens with one attached hydrogen (secondary N) is 3. The van der Waals surface area contributed by atoms with Crippen molar-refractivity contribution in [2.45, 2.75) is 27.2 Å². The molecule has 0 aromatic heterocycles. The van der Waals surface area contributed by atoms with E-state index in [4.69, 9.17) is 0 Å². The van der Waals surface area contributed by atoms with Crippen molar-refractivity contribution in [2.24, 2.45) is 5.92 Å². The van der Waals surface area contributed by atoms with E-state index in [1.54, 1.807) is 0 Å². The molecule has 0 unspecified atom stereocenters. The molecule has 86 valence electrons. The van der Waals surface area contributed by atoms with Crippen LogP contribution in [-0.4, -0.2) is 24.0 Å². The SMILES string of the molecule is CCN1C=C(CCNC(=O)C(C)C)NN1. The lowest BCUT2D eigenvalue weighted by Crippen LogP contribution is -2.36. The van der Waals surface area contributed by atoms with Crippen LogP contribution in [-0.2, 0) is 4.79 Å². The summed E-state index contributed by atoms with van der Waals surface area (Å²) in [6, 6.07) is 0. The van der Waals surface area contributed by atoms with Gasteiger partial charge in [-0.15, -0.1) is 5.53 Å². The van der Waals surface area contributed by atoms with Crippen LogP contribution in [0.3, 0.4) is 0 Å². The molecule has 0 fully saturated rings. The maximum absolute atomic E-state index is 11.3. The van der Waals surface area contributed by atoms with Crippen LogP contribution in [0.15, 0.2) is 11.9 Å². The summed E-state index contributed by atoms with van der Waals surface area (Å²) >= 11 is 0. The number of nitrogens with zero attached hydrogens (tertiary/aromatic N) is 1. The van der Waals surface area contributed by atoms with Gasteiger partial charge in [0, 0.05) is 37.3 Å². The van der Waals surface area contributed by atoms with E-state index in [2.05, 4.69) is 23.2 Å². The highest BCUT2D eigenvalue weighted by Crippen LogP contribution is 2.02. The van der Waals surface area contributed by atoms with Gasteiger partial charge in [0.15, 0.2) is 0 Å². The molecule has 5 heteroatoms. The molecule has 0 aromatic rings. The summed E-state index contributed by atoms with van der Waals surface area (Å²) in [5.41, 5.74) is 7.14. The lowest BCUT2D eigenvalue weighted by atomic mass is 10.2. The minimum atomic E-state index is 0.0563. The van der Waals surface area contributed by atoms with Gasteiger partial charge in [-0.05, 0) is 6.92 Å². The molecular weight excluding hydrogens is 192 g/mol. The highest BCUT2D eigenvalue weighted by molar-refractivity contribution is 5.77. The fourth-order valence-corrected chi connectivity index (χ4v) is 1.22. The summed E-state index contributed by atoms with van der Waals surface area (Å²) < 4.78 is 0. The van der Waals surface area contributed by atoms with Gasteiger partial charge < -0.3 is 10.7 Å². The molecule has 0 saturated heterocycles. The van der Waals surface area contributed by atoms with Crippen molar-refractivity contribution < 1.29 is 4.79 Å². The Labute approximate surface area is 90.8 Å². The minimum Gasteiger partial charge on any atom is -0.355 e. The molecule has 15 heavy (non-hydrogen) atoms. The third kappa shape index (κ3) is 3.79. The minimum absolute atomic E-state index is 0.0563. The Hall–Kier alpha value is -1.23. The average Bonchev–Trinajstić information content (AvgIpc) is 2.65. The Kier molecular flexibility index (Phi) is 4.42. The Bertz CT molecular complexity index is 250. The van der Waals surface area contributed by atoms with Crippen molar-refractivity contribution in [3.63, 3.8) is 0 Å². The van der Waals surface area contributed by atoms with E-state index < -0.39 is 0 Å². The fraction of sp³-hybridized carbons (Fsp3) is 0.700. The second-order valence-electron chi connectivity index (χ2n) is 3.87. The second-order valence-corrected chi connectivity index (χ2v) is 3.87. The predicted octanol–water partition coefficient (Wildman–Crippen LogP) is 0.335. The molecule has 0 spiro atoms. The first-order chi connectivity index (χ1) is 7.13. The van der Waals surface area contributed by atoms with Crippen molar-refractivity contribution in [3.05, 3.63) is 11.9 Å². The van der Waals surface area contributed by atoms with Gasteiger partial charge >= 0.3 is 0 Å². The van der Waals surface area contributed by atoms with Crippen LogP contribution in [0.5, 0.6) is 0 Å². The fourth-order valence-electron chi connectivity index (χ4n) is 1.22. The van der Waals surface area contributed by atoms with Gasteiger partial charge in [0.1, 0.15) is 0 Å². The van der Waals surface area contributed by atoms with Crippen LogP contribution >= 0.6 is 0 Å². The van der Waals surface area contributed by atoms with Crippen molar-refractivity contribution in [1.29, 1.82) is 0 Å². The van der Waals surface area contributed by atoms with Crippen molar-refractivity contribution in [2.75, 3.05) is 13.1 Å². The highest BCUT2D eigenvalue weighted by Gasteiger charge is 2.10. The predicted molar refractivity (Wildman–Crippen MR) is 59.2 cm³/mol. The number of carbonyl (C=O) groups excluding carboxylic acids is 1. The van der Waals surface area contributed by atoms with E-state index in [1.165, 1.54) is 0 Å². The molecule has 0 atom stereocenters. The molecular formula is C10H20N4O. The molecule has 1 aliphatic heterocycles. The molecule has 0 radical (unpaired) electrons. The van der Waals surface area contributed by atoms with Gasteiger partial charge in [0.25, 0.3) is 0 Å². The highest BCUT2D eigenvalue weighted by atomic mass is 16.1. The van der Waals surface area contributed by atoms with Crippen LogP contribution in [0.2, 0.25) is 0 Å². The monoisotopic (exact) mass is 212 g/mol. The maximum atomic E-state index is 11.3. The molecule has 0 aliphatic carbocycles. The zero-order valence-electron chi connectivity index (χ0n) is 9.63. The Balaban J connectivity index is 2.18. The molecule has 0 aromatic carbocycles. The summed E-state index contributed by atoms with van der Waals surface area (Å²) in [4.78, 5) is 11.3. The Morgan fingerprint density at radius 1 is 1.60 bits per heavy atom. The smallest absolute Gasteiger partial charge is 0.222 e. The van der Waals surface area contributed by atoms with Crippen LogP contribution in [0, 0.1) is 5.92 Å². The standard InChI is InChI=1S/C10H20N4O/c1-4-14-7-9(12-13-14)5-6-11-10(15)8(2)3/h7-8,12-13H,4-6H2,1-3H3,(H,11,15). The molecule has 1 aliphatic rings. The van der Waals surface area contributed by atoms with E-state index in [0.717, 1.165) is 18.7 Å². The average molecular weight is 212 g/mol. The van der Waals surface area contributed by atoms with Gasteiger partial charge in [-0.25, -0.2) is 0 Å². The number of hydrogen-bond donors (Lipinski definition) is 3. The van der Waals surface area contributed by atoms with Gasteiger partial charge in [0.05, 0.1) is 0 Å². The molecule has 0 bridgehead atoms. The Morgan fingerprint density at radius 2 is 2.33 bits per heavy atom. The van der Waals surface area contributed by atoms with Gasteiger partial charge in [-0.2, -0.15) is 0 Å². The van der Waals surface area contributed by atoms with Crippen LogP contribution in [0.4, 0.5) is 0 Å². The molecule has 1 amide bonds. The van der Waals surface area contributed by atoms with E-state index >= 15 is 0 Å². The number of hydrazine groups is 2. The van der Waals surface area contributed by atoms with Crippen LogP contribution in [0.25, 0.3) is 0 Å². The summed E-state index contributed by atoms with van der Waals surface area (Å²) in [7, 11) is 0.